The Hall–Kier alpha value is -1.36. The molecule has 0 aliphatic carbocycles. The monoisotopic (exact) mass is 254 g/mol. The number of methoxy groups -OCH3 is 1. The first kappa shape index (κ1) is 13.7. The number of benzene rings is 1. The van der Waals surface area contributed by atoms with Gasteiger partial charge in [-0.3, -0.25) is 4.79 Å². The molecule has 0 bridgehead atoms. The molecule has 0 aliphatic heterocycles. The lowest BCUT2D eigenvalue weighted by Crippen LogP contribution is -2.23. The maximum Gasteiger partial charge on any atom is 0.237 e. The van der Waals surface area contributed by atoms with E-state index in [4.69, 9.17) is 10.5 Å². The number of anilines is 2. The van der Waals surface area contributed by atoms with Gasteiger partial charge in [0.15, 0.2) is 0 Å². The number of amides is 1. The molecule has 0 spiro atoms. The second-order valence-electron chi connectivity index (χ2n) is 3.54. The zero-order chi connectivity index (χ0) is 12.8. The molecule has 0 radical (unpaired) electrons. The summed E-state index contributed by atoms with van der Waals surface area (Å²) in [5.41, 5.74) is 6.95. The molecule has 5 heteroatoms. The van der Waals surface area contributed by atoms with E-state index in [0.717, 1.165) is 5.75 Å². The van der Waals surface area contributed by atoms with Crippen molar-refractivity contribution in [3.8, 4) is 5.75 Å². The topological polar surface area (TPSA) is 64.3 Å². The van der Waals surface area contributed by atoms with Gasteiger partial charge in [-0.1, -0.05) is 6.92 Å². The third kappa shape index (κ3) is 3.85. The summed E-state index contributed by atoms with van der Waals surface area (Å²) in [4.78, 5) is 11.8. The molecule has 1 atom stereocenters. The number of hydrogen-bond acceptors (Lipinski definition) is 4. The van der Waals surface area contributed by atoms with Crippen LogP contribution in [0.2, 0.25) is 0 Å². The maximum atomic E-state index is 11.8. The number of nitrogens with one attached hydrogen (secondary N) is 1. The van der Waals surface area contributed by atoms with Crippen LogP contribution >= 0.6 is 11.8 Å². The highest BCUT2D eigenvalue weighted by atomic mass is 32.2. The molecule has 0 saturated heterocycles. The molecule has 0 aromatic heterocycles. The summed E-state index contributed by atoms with van der Waals surface area (Å²) in [6.45, 7) is 3.90. The van der Waals surface area contributed by atoms with Crippen molar-refractivity contribution in [3.63, 3.8) is 0 Å². The van der Waals surface area contributed by atoms with E-state index in [2.05, 4.69) is 5.32 Å². The first-order valence-electron chi connectivity index (χ1n) is 5.44. The average molecular weight is 254 g/mol. The highest BCUT2D eigenvalue weighted by Crippen LogP contribution is 2.24. The van der Waals surface area contributed by atoms with Gasteiger partial charge in [-0.05, 0) is 24.8 Å². The Labute approximate surface area is 106 Å². The molecule has 1 rings (SSSR count). The molecule has 0 aliphatic rings. The van der Waals surface area contributed by atoms with Crippen LogP contribution < -0.4 is 15.8 Å². The van der Waals surface area contributed by atoms with Crippen molar-refractivity contribution in [1.29, 1.82) is 0 Å². The van der Waals surface area contributed by atoms with E-state index < -0.39 is 0 Å². The average Bonchev–Trinajstić information content (AvgIpc) is 2.31. The van der Waals surface area contributed by atoms with E-state index in [0.29, 0.717) is 17.1 Å². The van der Waals surface area contributed by atoms with Gasteiger partial charge in [0.2, 0.25) is 5.91 Å². The molecule has 17 heavy (non-hydrogen) atoms. The van der Waals surface area contributed by atoms with Crippen LogP contribution in [0.1, 0.15) is 13.8 Å². The third-order valence-corrected chi connectivity index (χ3v) is 3.35. The number of thioether (sulfide) groups is 1. The Morgan fingerprint density at radius 2 is 2.29 bits per heavy atom. The van der Waals surface area contributed by atoms with Crippen LogP contribution in [0, 0.1) is 0 Å². The second-order valence-corrected chi connectivity index (χ2v) is 5.16. The van der Waals surface area contributed by atoms with Gasteiger partial charge >= 0.3 is 0 Å². The zero-order valence-corrected chi connectivity index (χ0v) is 11.1. The first-order valence-corrected chi connectivity index (χ1v) is 6.49. The fraction of sp³-hybridized carbons (Fsp3) is 0.417. The van der Waals surface area contributed by atoms with Crippen molar-refractivity contribution in [1.82, 2.24) is 0 Å². The number of nitrogen functional groups attached to an aromatic ring is 1. The summed E-state index contributed by atoms with van der Waals surface area (Å²) in [5.74, 6) is 1.55. The summed E-state index contributed by atoms with van der Waals surface area (Å²) >= 11 is 1.59. The van der Waals surface area contributed by atoms with E-state index in [1.807, 2.05) is 13.8 Å². The molecule has 1 unspecified atom stereocenters. The lowest BCUT2D eigenvalue weighted by Gasteiger charge is -2.13. The van der Waals surface area contributed by atoms with Crippen LogP contribution in [0.4, 0.5) is 11.4 Å². The summed E-state index contributed by atoms with van der Waals surface area (Å²) in [6.07, 6.45) is 0. The molecule has 1 aromatic rings. The van der Waals surface area contributed by atoms with Crippen molar-refractivity contribution in [3.05, 3.63) is 18.2 Å². The van der Waals surface area contributed by atoms with E-state index in [9.17, 15) is 4.79 Å². The Morgan fingerprint density at radius 1 is 1.59 bits per heavy atom. The van der Waals surface area contributed by atoms with Crippen LogP contribution in [-0.4, -0.2) is 24.0 Å². The van der Waals surface area contributed by atoms with Gasteiger partial charge in [-0.15, -0.1) is 11.8 Å². The van der Waals surface area contributed by atoms with E-state index >= 15 is 0 Å². The van der Waals surface area contributed by atoms with E-state index in [-0.39, 0.29) is 11.2 Å². The summed E-state index contributed by atoms with van der Waals surface area (Å²) in [5, 5.41) is 2.72. The molecular weight excluding hydrogens is 236 g/mol. The van der Waals surface area contributed by atoms with Crippen LogP contribution in [0.5, 0.6) is 5.75 Å². The minimum Gasteiger partial charge on any atom is -0.497 e. The first-order chi connectivity index (χ1) is 8.08. The third-order valence-electron chi connectivity index (χ3n) is 2.30. The zero-order valence-electron chi connectivity index (χ0n) is 10.3. The van der Waals surface area contributed by atoms with Crippen molar-refractivity contribution in [2.75, 3.05) is 23.9 Å². The summed E-state index contributed by atoms with van der Waals surface area (Å²) in [6, 6.07) is 5.20. The highest BCUT2D eigenvalue weighted by molar-refractivity contribution is 8.00. The van der Waals surface area contributed by atoms with Crippen molar-refractivity contribution >= 4 is 29.0 Å². The predicted octanol–water partition coefficient (Wildman–Crippen LogP) is 2.36. The molecule has 4 nitrogen and oxygen atoms in total. The van der Waals surface area contributed by atoms with Gasteiger partial charge in [0, 0.05) is 6.07 Å². The largest absolute Gasteiger partial charge is 0.497 e. The van der Waals surface area contributed by atoms with Gasteiger partial charge in [0.05, 0.1) is 23.7 Å². The smallest absolute Gasteiger partial charge is 0.237 e. The molecule has 1 amide bonds. The lowest BCUT2D eigenvalue weighted by atomic mass is 10.2. The van der Waals surface area contributed by atoms with Gasteiger partial charge in [-0.2, -0.15) is 0 Å². The van der Waals surface area contributed by atoms with Crippen LogP contribution in [0.15, 0.2) is 18.2 Å². The number of hydrogen-bond donors (Lipinski definition) is 2. The lowest BCUT2D eigenvalue weighted by molar-refractivity contribution is -0.115. The van der Waals surface area contributed by atoms with Crippen molar-refractivity contribution in [2.24, 2.45) is 0 Å². The number of ether oxygens (including phenoxy) is 1. The number of carbonyl (C=O) groups is 1. The Kier molecular flexibility index (Phi) is 5.15. The van der Waals surface area contributed by atoms with E-state index in [1.54, 1.807) is 37.1 Å². The molecule has 0 fully saturated rings. The highest BCUT2D eigenvalue weighted by Gasteiger charge is 2.13. The van der Waals surface area contributed by atoms with E-state index in [1.165, 1.54) is 0 Å². The quantitative estimate of drug-likeness (QED) is 0.792. The molecule has 94 valence electrons. The standard InChI is InChI=1S/C12H18N2O2S/c1-4-17-8(2)12(15)14-11-6-5-9(16-3)7-10(11)13/h5-8H,4,13H2,1-3H3,(H,14,15). The Bertz CT molecular complexity index is 396. The molecule has 0 heterocycles. The number of nitrogens with two attached hydrogens (primary N) is 1. The SMILES string of the molecule is CCSC(C)C(=O)Nc1ccc(OC)cc1N. The van der Waals surface area contributed by atoms with Crippen molar-refractivity contribution in [2.45, 2.75) is 19.1 Å². The number of carbonyl (C=O) groups excluding carboxylic acids is 1. The Balaban J connectivity index is 2.71. The van der Waals surface area contributed by atoms with Gasteiger partial charge in [0.1, 0.15) is 5.75 Å². The summed E-state index contributed by atoms with van der Waals surface area (Å²) < 4.78 is 5.04. The van der Waals surface area contributed by atoms with Crippen LogP contribution in [0.25, 0.3) is 0 Å². The van der Waals surface area contributed by atoms with Crippen LogP contribution in [0.3, 0.4) is 0 Å². The maximum absolute atomic E-state index is 11.8. The molecule has 0 saturated carbocycles. The fourth-order valence-corrected chi connectivity index (χ4v) is 2.05. The summed E-state index contributed by atoms with van der Waals surface area (Å²) in [7, 11) is 1.58. The number of rotatable bonds is 5. The van der Waals surface area contributed by atoms with Crippen LogP contribution in [-0.2, 0) is 4.79 Å². The minimum absolute atomic E-state index is 0.0336. The predicted molar refractivity (Wildman–Crippen MR) is 73.6 cm³/mol. The Morgan fingerprint density at radius 3 is 2.82 bits per heavy atom. The molecular formula is C12H18N2O2S. The molecule has 3 N–H and O–H groups in total. The van der Waals surface area contributed by atoms with Gasteiger partial charge in [0.25, 0.3) is 0 Å². The van der Waals surface area contributed by atoms with Gasteiger partial charge < -0.3 is 15.8 Å². The normalized spacial score (nSPS) is 11.9. The van der Waals surface area contributed by atoms with Gasteiger partial charge in [-0.25, -0.2) is 0 Å². The minimum atomic E-state index is -0.0819. The molecule has 1 aromatic carbocycles. The van der Waals surface area contributed by atoms with Crippen molar-refractivity contribution < 1.29 is 9.53 Å². The fourth-order valence-electron chi connectivity index (χ4n) is 1.34. The second kappa shape index (κ2) is 6.39.